The van der Waals surface area contributed by atoms with E-state index in [9.17, 15) is 9.18 Å². The van der Waals surface area contributed by atoms with Crippen molar-refractivity contribution in [3.05, 3.63) is 46.3 Å². The predicted molar refractivity (Wildman–Crippen MR) is 112 cm³/mol. The second-order valence-electron chi connectivity index (χ2n) is 7.23. The van der Waals surface area contributed by atoms with Gasteiger partial charge in [-0.05, 0) is 44.4 Å². The van der Waals surface area contributed by atoms with Crippen LogP contribution in [-0.4, -0.2) is 29.0 Å². The molecule has 0 atom stereocenters. The van der Waals surface area contributed by atoms with Gasteiger partial charge >= 0.3 is 0 Å². The number of carbonyl (C=O) groups excluding carboxylic acids is 1. The Morgan fingerprint density at radius 3 is 2.64 bits per heavy atom. The molecule has 1 N–H and O–H groups in total. The van der Waals surface area contributed by atoms with Crippen LogP contribution in [0, 0.1) is 19.7 Å². The lowest BCUT2D eigenvalue weighted by molar-refractivity contribution is 0.102. The number of amides is 1. The second kappa shape index (κ2) is 7.83. The fraction of sp³-hybridized carbons (Fsp3) is 0.381. The summed E-state index contributed by atoms with van der Waals surface area (Å²) in [4.78, 5) is 26.1. The molecule has 3 aromatic rings. The highest BCUT2D eigenvalue weighted by Gasteiger charge is 2.24. The van der Waals surface area contributed by atoms with Crippen molar-refractivity contribution in [1.29, 1.82) is 0 Å². The number of fused-ring (bicyclic) bond motifs is 1. The Labute approximate surface area is 167 Å². The summed E-state index contributed by atoms with van der Waals surface area (Å²) in [5, 5.41) is 3.69. The molecule has 28 heavy (non-hydrogen) atoms. The van der Waals surface area contributed by atoms with Crippen molar-refractivity contribution in [3.63, 3.8) is 0 Å². The third kappa shape index (κ3) is 3.58. The lowest BCUT2D eigenvalue weighted by Crippen LogP contribution is -2.25. The number of carbonyl (C=O) groups is 1. The van der Waals surface area contributed by atoms with E-state index in [4.69, 9.17) is 0 Å². The van der Waals surface area contributed by atoms with E-state index in [1.54, 1.807) is 12.4 Å². The highest BCUT2D eigenvalue weighted by molar-refractivity contribution is 7.19. The number of rotatable bonds is 3. The van der Waals surface area contributed by atoms with Crippen molar-refractivity contribution in [3.8, 4) is 0 Å². The van der Waals surface area contributed by atoms with Crippen molar-refractivity contribution in [2.24, 2.45) is 0 Å². The molecule has 0 bridgehead atoms. The largest absolute Gasteiger partial charge is 0.356 e. The molecule has 1 aliphatic heterocycles. The Morgan fingerprint density at radius 2 is 1.89 bits per heavy atom. The van der Waals surface area contributed by atoms with Gasteiger partial charge in [0.2, 0.25) is 0 Å². The maximum atomic E-state index is 13.6. The zero-order valence-electron chi connectivity index (χ0n) is 16.1. The van der Waals surface area contributed by atoms with Gasteiger partial charge in [-0.15, -0.1) is 11.3 Å². The van der Waals surface area contributed by atoms with Gasteiger partial charge < -0.3 is 10.2 Å². The van der Waals surface area contributed by atoms with Crippen molar-refractivity contribution in [1.82, 2.24) is 9.97 Å². The van der Waals surface area contributed by atoms with E-state index in [1.807, 2.05) is 13.8 Å². The molecule has 7 heteroatoms. The van der Waals surface area contributed by atoms with Crippen molar-refractivity contribution >= 4 is 39.0 Å². The molecule has 5 nitrogen and oxygen atoms in total. The number of anilines is 2. The Bertz CT molecular complexity index is 1020. The molecule has 1 fully saturated rings. The lowest BCUT2D eigenvalue weighted by Gasteiger charge is -2.22. The van der Waals surface area contributed by atoms with Gasteiger partial charge in [-0.3, -0.25) is 4.79 Å². The number of aromatic nitrogens is 2. The minimum atomic E-state index is -0.374. The number of nitrogens with one attached hydrogen (secondary N) is 1. The Balaban J connectivity index is 1.77. The first kappa shape index (κ1) is 18.8. The normalized spacial score (nSPS) is 14.9. The standard InChI is InChI=1S/C21H23FN4OS/c1-13-7-8-15(22)11-16(13)25-20(27)17-14(2)28-21-18(17)19(23-12-24-21)26-9-5-3-4-6-10-26/h7-8,11-12H,3-6,9-10H2,1-2H3,(H,25,27). The molecule has 1 amide bonds. The molecule has 1 saturated heterocycles. The summed E-state index contributed by atoms with van der Waals surface area (Å²) in [5.41, 5.74) is 1.89. The minimum Gasteiger partial charge on any atom is -0.356 e. The van der Waals surface area contributed by atoms with Crippen LogP contribution < -0.4 is 10.2 Å². The van der Waals surface area contributed by atoms with Crippen LogP contribution in [0.3, 0.4) is 0 Å². The molecule has 146 valence electrons. The zero-order valence-corrected chi connectivity index (χ0v) is 16.9. The average molecular weight is 399 g/mol. The van der Waals surface area contributed by atoms with Crippen LogP contribution in [0.25, 0.3) is 10.2 Å². The van der Waals surface area contributed by atoms with Crippen LogP contribution in [0.1, 0.15) is 46.5 Å². The number of hydrogen-bond acceptors (Lipinski definition) is 5. The van der Waals surface area contributed by atoms with Crippen LogP contribution in [0.15, 0.2) is 24.5 Å². The fourth-order valence-corrected chi connectivity index (χ4v) is 4.72. The van der Waals surface area contributed by atoms with Crippen molar-refractivity contribution in [2.45, 2.75) is 39.5 Å². The van der Waals surface area contributed by atoms with Crippen molar-refractivity contribution in [2.75, 3.05) is 23.3 Å². The van der Waals surface area contributed by atoms with Gasteiger partial charge in [0.1, 0.15) is 22.8 Å². The lowest BCUT2D eigenvalue weighted by atomic mass is 10.1. The predicted octanol–water partition coefficient (Wildman–Crippen LogP) is 5.08. The Hall–Kier alpha value is -2.54. The summed E-state index contributed by atoms with van der Waals surface area (Å²) >= 11 is 1.50. The maximum Gasteiger partial charge on any atom is 0.257 e. The third-order valence-electron chi connectivity index (χ3n) is 5.22. The van der Waals surface area contributed by atoms with Crippen LogP contribution in [0.5, 0.6) is 0 Å². The van der Waals surface area contributed by atoms with Crippen LogP contribution in [-0.2, 0) is 0 Å². The van der Waals surface area contributed by atoms with E-state index in [-0.39, 0.29) is 11.7 Å². The topological polar surface area (TPSA) is 58.1 Å². The number of thiophene rings is 1. The van der Waals surface area contributed by atoms with Gasteiger partial charge in [0.05, 0.1) is 10.9 Å². The third-order valence-corrected chi connectivity index (χ3v) is 6.24. The van der Waals surface area contributed by atoms with Gasteiger partial charge in [0, 0.05) is 23.7 Å². The number of nitrogens with zero attached hydrogens (tertiary/aromatic N) is 3. The SMILES string of the molecule is Cc1ccc(F)cc1NC(=O)c1c(C)sc2ncnc(N3CCCCCC3)c12. The Kier molecular flexibility index (Phi) is 5.26. The molecule has 2 aromatic heterocycles. The van der Waals surface area contributed by atoms with E-state index in [0.29, 0.717) is 11.3 Å². The maximum absolute atomic E-state index is 13.6. The highest BCUT2D eigenvalue weighted by atomic mass is 32.1. The molecule has 1 aromatic carbocycles. The van der Waals surface area contributed by atoms with Gasteiger partial charge in [-0.1, -0.05) is 18.9 Å². The molecule has 4 rings (SSSR count). The van der Waals surface area contributed by atoms with E-state index in [0.717, 1.165) is 52.4 Å². The van der Waals surface area contributed by atoms with Crippen LogP contribution in [0.2, 0.25) is 0 Å². The molecule has 0 radical (unpaired) electrons. The summed E-state index contributed by atoms with van der Waals surface area (Å²) in [6, 6.07) is 4.40. The van der Waals surface area contributed by atoms with E-state index in [1.165, 1.54) is 36.3 Å². The van der Waals surface area contributed by atoms with E-state index in [2.05, 4.69) is 20.2 Å². The fourth-order valence-electron chi connectivity index (χ4n) is 3.74. The number of hydrogen-bond donors (Lipinski definition) is 1. The molecule has 0 aliphatic carbocycles. The molecule has 0 spiro atoms. The summed E-state index contributed by atoms with van der Waals surface area (Å²) < 4.78 is 13.6. The average Bonchev–Trinajstić information content (AvgIpc) is 2.83. The summed E-state index contributed by atoms with van der Waals surface area (Å²) in [7, 11) is 0. The summed E-state index contributed by atoms with van der Waals surface area (Å²) in [6.07, 6.45) is 6.27. The number of halogens is 1. The molecule has 1 aliphatic rings. The van der Waals surface area contributed by atoms with E-state index >= 15 is 0 Å². The first-order valence-corrected chi connectivity index (χ1v) is 10.4. The number of aryl methyl sites for hydroxylation is 2. The molecular weight excluding hydrogens is 375 g/mol. The molecule has 0 saturated carbocycles. The first-order valence-electron chi connectivity index (χ1n) is 9.61. The monoisotopic (exact) mass is 398 g/mol. The summed E-state index contributed by atoms with van der Waals surface area (Å²) in [5.74, 6) is 0.210. The molecule has 0 unspecified atom stereocenters. The highest BCUT2D eigenvalue weighted by Crippen LogP contribution is 2.36. The first-order chi connectivity index (χ1) is 13.5. The van der Waals surface area contributed by atoms with Gasteiger partial charge in [-0.2, -0.15) is 0 Å². The van der Waals surface area contributed by atoms with Gasteiger partial charge in [0.25, 0.3) is 5.91 Å². The Morgan fingerprint density at radius 1 is 1.14 bits per heavy atom. The molecular formula is C21H23FN4OS. The summed E-state index contributed by atoms with van der Waals surface area (Å²) in [6.45, 7) is 5.64. The smallest absolute Gasteiger partial charge is 0.257 e. The second-order valence-corrected chi connectivity index (χ2v) is 8.43. The van der Waals surface area contributed by atoms with Gasteiger partial charge in [0.15, 0.2) is 0 Å². The van der Waals surface area contributed by atoms with Crippen molar-refractivity contribution < 1.29 is 9.18 Å². The molecule has 3 heterocycles. The number of benzene rings is 1. The quantitative estimate of drug-likeness (QED) is 0.668. The zero-order chi connectivity index (χ0) is 19.7. The van der Waals surface area contributed by atoms with Gasteiger partial charge in [-0.25, -0.2) is 14.4 Å². The van der Waals surface area contributed by atoms with Crippen LogP contribution in [0.4, 0.5) is 15.9 Å². The minimum absolute atomic E-state index is 0.247. The van der Waals surface area contributed by atoms with E-state index < -0.39 is 0 Å². The van der Waals surface area contributed by atoms with Crippen LogP contribution >= 0.6 is 11.3 Å².